The van der Waals surface area contributed by atoms with Crippen LogP contribution in [-0.2, 0) is 6.18 Å². The van der Waals surface area contributed by atoms with Crippen molar-refractivity contribution in [2.75, 3.05) is 0 Å². The van der Waals surface area contributed by atoms with Crippen LogP contribution in [0.15, 0.2) is 35.0 Å². The molecular formula is C11H7F3N2OS. The lowest BCUT2D eigenvalue weighted by atomic mass is 10.2. The Morgan fingerprint density at radius 2 is 2.17 bits per heavy atom. The third-order valence-electron chi connectivity index (χ3n) is 2.20. The molecule has 0 aliphatic rings. The number of nitrogens with zero attached hydrogens (tertiary/aromatic N) is 2. The van der Waals surface area contributed by atoms with Crippen LogP contribution in [0.3, 0.4) is 0 Å². The highest BCUT2D eigenvalue weighted by Crippen LogP contribution is 2.31. The molecule has 0 spiro atoms. The topological polar surface area (TPSA) is 34.9 Å². The maximum absolute atomic E-state index is 12.8. The van der Waals surface area contributed by atoms with Gasteiger partial charge in [0.05, 0.1) is 10.6 Å². The van der Waals surface area contributed by atoms with Gasteiger partial charge in [-0.25, -0.2) is 4.79 Å². The van der Waals surface area contributed by atoms with E-state index < -0.39 is 17.6 Å². The first-order chi connectivity index (χ1) is 8.43. The number of alkyl halides is 3. The summed E-state index contributed by atoms with van der Waals surface area (Å²) in [7, 11) is 0. The number of halogens is 3. The summed E-state index contributed by atoms with van der Waals surface area (Å²) >= 11 is 1.21. The van der Waals surface area contributed by atoms with Gasteiger partial charge in [-0.2, -0.15) is 18.2 Å². The highest BCUT2D eigenvalue weighted by molar-refractivity contribution is 7.13. The lowest BCUT2D eigenvalue weighted by Gasteiger charge is -2.12. The molecule has 0 unspecified atom stereocenters. The monoisotopic (exact) mass is 272 g/mol. The number of rotatable bonds is 2. The molecule has 0 N–H and O–H groups in total. The molecule has 0 fully saturated rings. The number of thiophene rings is 1. The number of hydrogen-bond donors (Lipinski definition) is 0. The second-order valence-corrected chi connectivity index (χ2v) is 4.28. The van der Waals surface area contributed by atoms with Gasteiger partial charge >= 0.3 is 11.9 Å². The fourth-order valence-corrected chi connectivity index (χ4v) is 2.12. The Kier molecular flexibility index (Phi) is 3.08. The van der Waals surface area contributed by atoms with Crippen LogP contribution >= 0.6 is 11.3 Å². The molecule has 0 aliphatic heterocycles. The van der Waals surface area contributed by atoms with Gasteiger partial charge in [0, 0.05) is 6.20 Å². The zero-order chi connectivity index (χ0) is 13.3. The predicted octanol–water partition coefficient (Wildman–Crippen LogP) is 3.09. The third-order valence-corrected chi connectivity index (χ3v) is 3.09. The van der Waals surface area contributed by atoms with Crippen LogP contribution < -0.4 is 5.69 Å². The Morgan fingerprint density at radius 1 is 1.44 bits per heavy atom. The largest absolute Gasteiger partial charge is 0.431 e. The molecule has 2 aromatic heterocycles. The second kappa shape index (κ2) is 4.41. The zero-order valence-electron chi connectivity index (χ0n) is 8.94. The van der Waals surface area contributed by atoms with Crippen LogP contribution in [-0.4, -0.2) is 9.55 Å². The fraction of sp³-hybridized carbons (Fsp3) is 0.0909. The van der Waals surface area contributed by atoms with Crippen LogP contribution in [0.4, 0.5) is 13.2 Å². The summed E-state index contributed by atoms with van der Waals surface area (Å²) in [6.07, 6.45) is -3.83. The molecule has 0 atom stereocenters. The Hall–Kier alpha value is -1.89. The van der Waals surface area contributed by atoms with Gasteiger partial charge in [0.1, 0.15) is 5.69 Å². The zero-order valence-corrected chi connectivity index (χ0v) is 9.76. The van der Waals surface area contributed by atoms with E-state index in [0.717, 1.165) is 12.3 Å². The summed E-state index contributed by atoms with van der Waals surface area (Å²) < 4.78 is 38.8. The molecule has 0 aromatic carbocycles. The molecule has 3 nitrogen and oxygen atoms in total. The summed E-state index contributed by atoms with van der Waals surface area (Å²) in [5, 5.41) is 1.70. The van der Waals surface area contributed by atoms with Gasteiger partial charge in [-0.1, -0.05) is 12.6 Å². The first-order valence-corrected chi connectivity index (χ1v) is 5.68. The van der Waals surface area contributed by atoms with Gasteiger partial charge in [-0.3, -0.25) is 4.57 Å². The van der Waals surface area contributed by atoms with Crippen molar-refractivity contribution >= 4 is 17.5 Å². The third kappa shape index (κ3) is 2.21. The highest BCUT2D eigenvalue weighted by Gasteiger charge is 2.35. The summed E-state index contributed by atoms with van der Waals surface area (Å²) in [4.78, 5) is 15.6. The van der Waals surface area contributed by atoms with Gasteiger partial charge < -0.3 is 0 Å². The predicted molar refractivity (Wildman–Crippen MR) is 63.2 cm³/mol. The number of aromatic nitrogens is 2. The maximum atomic E-state index is 12.8. The van der Waals surface area contributed by atoms with Crippen molar-refractivity contribution in [1.29, 1.82) is 0 Å². The molecule has 0 saturated carbocycles. The average molecular weight is 272 g/mol. The Balaban J connectivity index is 2.72. The molecule has 2 aromatic rings. The molecule has 0 bridgehead atoms. The number of hydrogen-bond acceptors (Lipinski definition) is 3. The Morgan fingerprint density at radius 3 is 2.67 bits per heavy atom. The minimum Gasteiger partial charge on any atom is -0.263 e. The Labute approximate surface area is 104 Å². The van der Waals surface area contributed by atoms with Crippen molar-refractivity contribution in [2.45, 2.75) is 6.18 Å². The molecule has 18 heavy (non-hydrogen) atoms. The normalized spacial score (nSPS) is 11.5. The molecule has 7 heteroatoms. The summed E-state index contributed by atoms with van der Waals surface area (Å²) in [6.45, 7) is 3.18. The SMILES string of the molecule is C=Cn1c(C(F)(F)F)cc(-c2cccs2)nc1=O. The molecule has 0 amide bonds. The first kappa shape index (κ1) is 12.6. The van der Waals surface area contributed by atoms with E-state index in [9.17, 15) is 18.0 Å². The van der Waals surface area contributed by atoms with Crippen molar-refractivity contribution in [3.05, 3.63) is 46.3 Å². The van der Waals surface area contributed by atoms with Crippen molar-refractivity contribution in [3.63, 3.8) is 0 Å². The molecule has 0 saturated heterocycles. The van der Waals surface area contributed by atoms with E-state index in [0.29, 0.717) is 9.44 Å². The summed E-state index contributed by atoms with van der Waals surface area (Å²) in [5.74, 6) is 0. The van der Waals surface area contributed by atoms with Crippen molar-refractivity contribution < 1.29 is 13.2 Å². The van der Waals surface area contributed by atoms with Crippen LogP contribution in [0.25, 0.3) is 16.8 Å². The highest BCUT2D eigenvalue weighted by atomic mass is 32.1. The maximum Gasteiger partial charge on any atom is 0.431 e. The van der Waals surface area contributed by atoms with Crippen LogP contribution in [0.1, 0.15) is 5.69 Å². The molecule has 2 heterocycles. The lowest BCUT2D eigenvalue weighted by Crippen LogP contribution is -2.27. The van der Waals surface area contributed by atoms with E-state index in [1.54, 1.807) is 17.5 Å². The van der Waals surface area contributed by atoms with Crippen LogP contribution in [0.5, 0.6) is 0 Å². The lowest BCUT2D eigenvalue weighted by molar-refractivity contribution is -0.142. The smallest absolute Gasteiger partial charge is 0.263 e. The van der Waals surface area contributed by atoms with E-state index in [2.05, 4.69) is 11.6 Å². The van der Waals surface area contributed by atoms with E-state index in [4.69, 9.17) is 0 Å². The summed E-state index contributed by atoms with van der Waals surface area (Å²) in [5.41, 5.74) is -2.07. The van der Waals surface area contributed by atoms with E-state index in [1.165, 1.54) is 11.3 Å². The molecular weight excluding hydrogens is 265 g/mol. The van der Waals surface area contributed by atoms with E-state index >= 15 is 0 Å². The quantitative estimate of drug-likeness (QED) is 0.842. The molecule has 0 aliphatic carbocycles. The minimum absolute atomic E-state index is 0.0143. The summed E-state index contributed by atoms with van der Waals surface area (Å²) in [6, 6.07) is 4.12. The van der Waals surface area contributed by atoms with Gasteiger partial charge in [0.15, 0.2) is 0 Å². The Bertz CT molecular complexity index is 629. The van der Waals surface area contributed by atoms with Crippen LogP contribution in [0.2, 0.25) is 0 Å². The minimum atomic E-state index is -4.64. The van der Waals surface area contributed by atoms with Crippen molar-refractivity contribution in [2.24, 2.45) is 0 Å². The average Bonchev–Trinajstić information content (AvgIpc) is 2.80. The van der Waals surface area contributed by atoms with Crippen molar-refractivity contribution in [3.8, 4) is 10.6 Å². The van der Waals surface area contributed by atoms with Gasteiger partial charge in [-0.15, -0.1) is 11.3 Å². The van der Waals surface area contributed by atoms with Gasteiger partial charge in [-0.05, 0) is 17.5 Å². The fourth-order valence-electron chi connectivity index (χ4n) is 1.44. The molecule has 94 valence electrons. The molecule has 2 rings (SSSR count). The molecule has 0 radical (unpaired) electrons. The first-order valence-electron chi connectivity index (χ1n) is 4.80. The van der Waals surface area contributed by atoms with Crippen LogP contribution in [0, 0.1) is 0 Å². The van der Waals surface area contributed by atoms with Gasteiger partial charge in [0.25, 0.3) is 0 Å². The standard InChI is InChI=1S/C11H7F3N2OS/c1-2-16-9(11(12,13)14)6-7(15-10(16)17)8-4-3-5-18-8/h2-6H,1H2. The van der Waals surface area contributed by atoms with E-state index in [1.807, 2.05) is 0 Å². The van der Waals surface area contributed by atoms with E-state index in [-0.39, 0.29) is 5.69 Å². The van der Waals surface area contributed by atoms with Gasteiger partial charge in [0.2, 0.25) is 0 Å². The van der Waals surface area contributed by atoms with Crippen molar-refractivity contribution in [1.82, 2.24) is 9.55 Å². The second-order valence-electron chi connectivity index (χ2n) is 3.34.